The summed E-state index contributed by atoms with van der Waals surface area (Å²) in [4.78, 5) is 0. The summed E-state index contributed by atoms with van der Waals surface area (Å²) in [5.74, 6) is 0.231. The van der Waals surface area contributed by atoms with Crippen LogP contribution in [-0.2, 0) is 0 Å². The number of ether oxygens (including phenoxy) is 1. The maximum atomic E-state index is 9.63. The van der Waals surface area contributed by atoms with Gasteiger partial charge in [0.05, 0.1) is 24.0 Å². The van der Waals surface area contributed by atoms with E-state index in [0.29, 0.717) is 11.3 Å². The summed E-state index contributed by atoms with van der Waals surface area (Å²) in [5.41, 5.74) is 4.47. The topological polar surface area (TPSA) is 53.8 Å². The van der Waals surface area contributed by atoms with Crippen LogP contribution in [0.1, 0.15) is 5.56 Å². The van der Waals surface area contributed by atoms with E-state index in [0.717, 1.165) is 10.2 Å². The van der Waals surface area contributed by atoms with Gasteiger partial charge in [0.15, 0.2) is 11.5 Å². The smallest absolute Gasteiger partial charge is 0.176 e. The van der Waals surface area contributed by atoms with Crippen LogP contribution in [0.4, 0.5) is 5.69 Å². The Bertz CT molecular complexity index is 630. The molecule has 0 fully saturated rings. The number of nitrogens with zero attached hydrogens (tertiary/aromatic N) is 1. The molecule has 2 aromatic rings. The number of phenolic OH excluding ortho intramolecular Hbond substituents is 1. The molecule has 0 aliphatic rings. The number of hydrogen-bond donors (Lipinski definition) is 2. The molecule has 0 bridgehead atoms. The summed E-state index contributed by atoms with van der Waals surface area (Å²) in [5, 5.41) is 13.9. The number of benzene rings is 2. The average Bonchev–Trinajstić information content (AvgIpc) is 2.44. The average molecular weight is 356 g/mol. The molecule has 0 aliphatic heterocycles. The van der Waals surface area contributed by atoms with Crippen molar-refractivity contribution >= 4 is 39.4 Å². The third-order valence-electron chi connectivity index (χ3n) is 2.52. The van der Waals surface area contributed by atoms with Gasteiger partial charge in [0.1, 0.15) is 0 Å². The quantitative estimate of drug-likeness (QED) is 0.636. The molecule has 2 N–H and O–H groups in total. The van der Waals surface area contributed by atoms with Crippen molar-refractivity contribution in [1.29, 1.82) is 0 Å². The summed E-state index contributed by atoms with van der Waals surface area (Å²) in [6.45, 7) is 0. The molecule has 2 aromatic carbocycles. The first kappa shape index (κ1) is 14.7. The molecule has 0 aromatic heterocycles. The minimum absolute atomic E-state index is 0.0767. The summed E-state index contributed by atoms with van der Waals surface area (Å²) >= 11 is 9.26. The van der Waals surface area contributed by atoms with Crippen molar-refractivity contribution in [2.75, 3.05) is 12.5 Å². The second kappa shape index (κ2) is 6.63. The molecule has 2 rings (SSSR count). The molecular formula is C14H12BrClN2O2. The Morgan fingerprint density at radius 1 is 1.30 bits per heavy atom. The zero-order valence-electron chi connectivity index (χ0n) is 10.6. The molecule has 0 amide bonds. The summed E-state index contributed by atoms with van der Waals surface area (Å²) < 4.78 is 6.02. The molecule has 0 saturated carbocycles. The van der Waals surface area contributed by atoms with Gasteiger partial charge in [-0.05, 0) is 42.0 Å². The molecule has 0 aliphatic carbocycles. The van der Waals surface area contributed by atoms with Crippen LogP contribution in [0.2, 0.25) is 5.02 Å². The number of rotatable bonds is 4. The van der Waals surface area contributed by atoms with Crippen LogP contribution < -0.4 is 10.2 Å². The molecule has 0 heterocycles. The SMILES string of the molecule is COc1cc(C=NNc2ccc(Br)cc2)cc(Cl)c1O. The molecule has 4 nitrogen and oxygen atoms in total. The summed E-state index contributed by atoms with van der Waals surface area (Å²) in [6.07, 6.45) is 1.59. The molecule has 6 heteroatoms. The van der Waals surface area contributed by atoms with E-state index in [2.05, 4.69) is 26.5 Å². The lowest BCUT2D eigenvalue weighted by molar-refractivity contribution is 0.373. The van der Waals surface area contributed by atoms with Crippen LogP contribution in [0.25, 0.3) is 0 Å². The van der Waals surface area contributed by atoms with Gasteiger partial charge in [0.2, 0.25) is 0 Å². The minimum Gasteiger partial charge on any atom is -0.503 e. The van der Waals surface area contributed by atoms with E-state index in [-0.39, 0.29) is 10.8 Å². The van der Waals surface area contributed by atoms with Gasteiger partial charge in [-0.2, -0.15) is 5.10 Å². The highest BCUT2D eigenvalue weighted by molar-refractivity contribution is 9.10. The van der Waals surface area contributed by atoms with Gasteiger partial charge >= 0.3 is 0 Å². The van der Waals surface area contributed by atoms with Crippen molar-refractivity contribution in [2.24, 2.45) is 5.10 Å². The van der Waals surface area contributed by atoms with E-state index in [9.17, 15) is 5.11 Å². The van der Waals surface area contributed by atoms with Crippen molar-refractivity contribution in [1.82, 2.24) is 0 Å². The summed E-state index contributed by atoms with van der Waals surface area (Å²) in [7, 11) is 1.46. The Morgan fingerprint density at radius 2 is 2.00 bits per heavy atom. The fourth-order valence-corrected chi connectivity index (χ4v) is 2.01. The molecule has 0 radical (unpaired) electrons. The van der Waals surface area contributed by atoms with Crippen molar-refractivity contribution < 1.29 is 9.84 Å². The highest BCUT2D eigenvalue weighted by Gasteiger charge is 2.07. The van der Waals surface area contributed by atoms with Gasteiger partial charge in [0, 0.05) is 4.47 Å². The number of anilines is 1. The van der Waals surface area contributed by atoms with Crippen LogP contribution in [0.15, 0.2) is 46.0 Å². The first-order valence-corrected chi connectivity index (χ1v) is 6.88. The zero-order chi connectivity index (χ0) is 14.5. The van der Waals surface area contributed by atoms with Crippen LogP contribution in [0.3, 0.4) is 0 Å². The fourth-order valence-electron chi connectivity index (χ4n) is 1.53. The van der Waals surface area contributed by atoms with E-state index in [1.807, 2.05) is 24.3 Å². The van der Waals surface area contributed by atoms with Gasteiger partial charge in [-0.1, -0.05) is 27.5 Å². The van der Waals surface area contributed by atoms with E-state index in [4.69, 9.17) is 16.3 Å². The molecule has 20 heavy (non-hydrogen) atoms. The van der Waals surface area contributed by atoms with Crippen molar-refractivity contribution in [3.63, 3.8) is 0 Å². The lowest BCUT2D eigenvalue weighted by atomic mass is 10.2. The van der Waals surface area contributed by atoms with Gasteiger partial charge in [-0.15, -0.1) is 0 Å². The van der Waals surface area contributed by atoms with Crippen molar-refractivity contribution in [2.45, 2.75) is 0 Å². The van der Waals surface area contributed by atoms with Crippen molar-refractivity contribution in [3.05, 3.63) is 51.5 Å². The predicted molar refractivity (Wildman–Crippen MR) is 85.0 cm³/mol. The number of halogens is 2. The first-order chi connectivity index (χ1) is 9.60. The third-order valence-corrected chi connectivity index (χ3v) is 3.34. The van der Waals surface area contributed by atoms with Gasteiger partial charge < -0.3 is 9.84 Å². The lowest BCUT2D eigenvalue weighted by Gasteiger charge is -2.06. The molecule has 0 spiro atoms. The molecule has 0 unspecified atom stereocenters. The molecule has 104 valence electrons. The third kappa shape index (κ3) is 3.65. The van der Waals surface area contributed by atoms with E-state index in [1.54, 1.807) is 18.3 Å². The van der Waals surface area contributed by atoms with Crippen LogP contribution >= 0.6 is 27.5 Å². The highest BCUT2D eigenvalue weighted by atomic mass is 79.9. The number of aromatic hydroxyl groups is 1. The second-order valence-corrected chi connectivity index (χ2v) is 5.25. The fraction of sp³-hybridized carbons (Fsp3) is 0.0714. The Labute approximate surface area is 130 Å². The van der Waals surface area contributed by atoms with Crippen LogP contribution in [0, 0.1) is 0 Å². The maximum absolute atomic E-state index is 9.63. The highest BCUT2D eigenvalue weighted by Crippen LogP contribution is 2.34. The maximum Gasteiger partial charge on any atom is 0.176 e. The molecule has 0 saturated heterocycles. The minimum atomic E-state index is -0.0767. The van der Waals surface area contributed by atoms with E-state index >= 15 is 0 Å². The van der Waals surface area contributed by atoms with E-state index in [1.165, 1.54) is 7.11 Å². The predicted octanol–water partition coefficient (Wildman–Crippen LogP) is 4.26. The standard InChI is InChI=1S/C14H12BrClN2O2/c1-20-13-7-9(6-12(16)14(13)19)8-17-18-11-4-2-10(15)3-5-11/h2-8,18-19H,1H3. The number of hydrazone groups is 1. The monoisotopic (exact) mass is 354 g/mol. The normalized spacial score (nSPS) is 10.8. The Kier molecular flexibility index (Phi) is 4.87. The van der Waals surface area contributed by atoms with Crippen molar-refractivity contribution in [3.8, 4) is 11.5 Å². The van der Waals surface area contributed by atoms with Gasteiger partial charge in [-0.3, -0.25) is 5.43 Å². The first-order valence-electron chi connectivity index (χ1n) is 5.71. The number of phenols is 1. The zero-order valence-corrected chi connectivity index (χ0v) is 12.9. The number of methoxy groups -OCH3 is 1. The van der Waals surface area contributed by atoms with Crippen LogP contribution in [-0.4, -0.2) is 18.4 Å². The largest absolute Gasteiger partial charge is 0.503 e. The second-order valence-electron chi connectivity index (χ2n) is 3.93. The molecular weight excluding hydrogens is 344 g/mol. The molecule has 0 atom stereocenters. The van der Waals surface area contributed by atoms with Gasteiger partial charge in [0.25, 0.3) is 0 Å². The van der Waals surface area contributed by atoms with Crippen LogP contribution in [0.5, 0.6) is 11.5 Å². The van der Waals surface area contributed by atoms with E-state index < -0.39 is 0 Å². The number of nitrogens with one attached hydrogen (secondary N) is 1. The Balaban J connectivity index is 2.11. The summed E-state index contributed by atoms with van der Waals surface area (Å²) in [6, 6.07) is 10.9. The lowest BCUT2D eigenvalue weighted by Crippen LogP contribution is -1.92. The van der Waals surface area contributed by atoms with Gasteiger partial charge in [-0.25, -0.2) is 0 Å². The Hall–Kier alpha value is -1.72. The number of hydrogen-bond acceptors (Lipinski definition) is 4. The Morgan fingerprint density at radius 3 is 2.65 bits per heavy atom.